The third-order valence-corrected chi connectivity index (χ3v) is 5.60. The Morgan fingerprint density at radius 1 is 1.00 bits per heavy atom. The molecule has 1 amide bonds. The van der Waals surface area contributed by atoms with Crippen LogP contribution in [0.25, 0.3) is 0 Å². The van der Waals surface area contributed by atoms with Gasteiger partial charge < -0.3 is 9.80 Å². The van der Waals surface area contributed by atoms with E-state index in [9.17, 15) is 4.79 Å². The number of likely N-dealkylation sites (tertiary alicyclic amines) is 1. The summed E-state index contributed by atoms with van der Waals surface area (Å²) in [6.45, 7) is 3.66. The molecule has 1 aromatic heterocycles. The molecule has 0 saturated carbocycles. The average molecular weight is 335 g/mol. The number of piperidine rings is 2. The van der Waals surface area contributed by atoms with Gasteiger partial charge in [0.15, 0.2) is 0 Å². The van der Waals surface area contributed by atoms with Crippen LogP contribution in [0.4, 0.5) is 5.82 Å². The van der Waals surface area contributed by atoms with Gasteiger partial charge in [0.2, 0.25) is 5.91 Å². The van der Waals surface area contributed by atoms with Crippen LogP contribution in [0.2, 0.25) is 0 Å². The van der Waals surface area contributed by atoms with E-state index in [0.717, 1.165) is 38.4 Å². The lowest BCUT2D eigenvalue weighted by Gasteiger charge is -2.48. The Morgan fingerprint density at radius 2 is 1.84 bits per heavy atom. The topological polar surface area (TPSA) is 36.4 Å². The van der Waals surface area contributed by atoms with Crippen molar-refractivity contribution in [2.75, 3.05) is 24.5 Å². The molecule has 2 fully saturated rings. The van der Waals surface area contributed by atoms with E-state index in [0.29, 0.717) is 12.3 Å². The molecule has 1 spiro atoms. The molecule has 2 aromatic rings. The van der Waals surface area contributed by atoms with Crippen LogP contribution in [-0.2, 0) is 11.3 Å². The van der Waals surface area contributed by atoms with Crippen molar-refractivity contribution in [3.05, 3.63) is 60.3 Å². The minimum absolute atomic E-state index is 0.207. The largest absolute Gasteiger partial charge is 0.356 e. The second-order valence-electron chi connectivity index (χ2n) is 7.45. The SMILES string of the molecule is O=C1CCC2(CCCN(c3ccccn3)C2)CN1Cc1ccccc1. The number of hydrogen-bond donors (Lipinski definition) is 0. The Balaban J connectivity index is 1.50. The molecule has 0 aliphatic carbocycles. The minimum Gasteiger partial charge on any atom is -0.356 e. The highest BCUT2D eigenvalue weighted by atomic mass is 16.2. The van der Waals surface area contributed by atoms with Gasteiger partial charge in [-0.25, -0.2) is 4.98 Å². The zero-order valence-electron chi connectivity index (χ0n) is 14.6. The molecule has 0 bridgehead atoms. The molecular weight excluding hydrogens is 310 g/mol. The average Bonchev–Trinajstić information content (AvgIpc) is 2.67. The van der Waals surface area contributed by atoms with Gasteiger partial charge in [-0.2, -0.15) is 0 Å². The van der Waals surface area contributed by atoms with Crippen LogP contribution in [0.15, 0.2) is 54.7 Å². The summed E-state index contributed by atoms with van der Waals surface area (Å²) < 4.78 is 0. The van der Waals surface area contributed by atoms with E-state index in [1.807, 2.05) is 30.5 Å². The number of rotatable bonds is 3. The highest BCUT2D eigenvalue weighted by molar-refractivity contribution is 5.77. The van der Waals surface area contributed by atoms with Crippen molar-refractivity contribution in [3.63, 3.8) is 0 Å². The van der Waals surface area contributed by atoms with Gasteiger partial charge in [-0.15, -0.1) is 0 Å². The summed E-state index contributed by atoms with van der Waals surface area (Å²) in [7, 11) is 0. The number of benzene rings is 1. The molecule has 1 aromatic carbocycles. The maximum Gasteiger partial charge on any atom is 0.222 e. The minimum atomic E-state index is 0.207. The molecule has 0 radical (unpaired) electrons. The second kappa shape index (κ2) is 6.87. The molecule has 1 atom stereocenters. The Labute approximate surface area is 149 Å². The van der Waals surface area contributed by atoms with Crippen LogP contribution >= 0.6 is 0 Å². The summed E-state index contributed by atoms with van der Waals surface area (Å²) in [5.74, 6) is 1.36. The first-order valence-electron chi connectivity index (χ1n) is 9.22. The molecule has 130 valence electrons. The van der Waals surface area contributed by atoms with E-state index in [1.165, 1.54) is 18.4 Å². The van der Waals surface area contributed by atoms with Crippen molar-refractivity contribution >= 4 is 11.7 Å². The summed E-state index contributed by atoms with van der Waals surface area (Å²) in [6.07, 6.45) is 5.91. The predicted octanol–water partition coefficient (Wildman–Crippen LogP) is 3.49. The maximum atomic E-state index is 12.5. The molecule has 25 heavy (non-hydrogen) atoms. The van der Waals surface area contributed by atoms with Crippen LogP contribution < -0.4 is 4.90 Å². The van der Waals surface area contributed by atoms with Gasteiger partial charge in [-0.05, 0) is 37.0 Å². The summed E-state index contributed by atoms with van der Waals surface area (Å²) >= 11 is 0. The van der Waals surface area contributed by atoms with Crippen molar-refractivity contribution in [1.29, 1.82) is 0 Å². The van der Waals surface area contributed by atoms with Crippen LogP contribution in [0, 0.1) is 5.41 Å². The van der Waals surface area contributed by atoms with Crippen LogP contribution in [-0.4, -0.2) is 35.4 Å². The summed E-state index contributed by atoms with van der Waals surface area (Å²) in [4.78, 5) is 21.5. The molecule has 4 nitrogen and oxygen atoms in total. The lowest BCUT2D eigenvalue weighted by atomic mass is 9.73. The molecule has 2 aliphatic rings. The fraction of sp³-hybridized carbons (Fsp3) is 0.429. The van der Waals surface area contributed by atoms with E-state index < -0.39 is 0 Å². The van der Waals surface area contributed by atoms with Crippen molar-refractivity contribution < 1.29 is 4.79 Å². The first kappa shape index (κ1) is 16.1. The number of amides is 1. The van der Waals surface area contributed by atoms with Gasteiger partial charge in [0.25, 0.3) is 0 Å². The van der Waals surface area contributed by atoms with Crippen molar-refractivity contribution in [3.8, 4) is 0 Å². The second-order valence-corrected chi connectivity index (χ2v) is 7.45. The third kappa shape index (κ3) is 3.53. The van der Waals surface area contributed by atoms with Gasteiger partial charge in [-0.1, -0.05) is 36.4 Å². The van der Waals surface area contributed by atoms with Crippen LogP contribution in [0.3, 0.4) is 0 Å². The molecule has 2 aliphatic heterocycles. The number of anilines is 1. The lowest BCUT2D eigenvalue weighted by Crippen LogP contribution is -2.54. The van der Waals surface area contributed by atoms with Crippen molar-refractivity contribution in [2.24, 2.45) is 5.41 Å². The molecule has 1 unspecified atom stereocenters. The number of carbonyl (C=O) groups excluding carboxylic acids is 1. The Kier molecular flexibility index (Phi) is 4.43. The molecular formula is C21H25N3O. The number of aromatic nitrogens is 1. The fourth-order valence-electron chi connectivity index (χ4n) is 4.33. The summed E-state index contributed by atoms with van der Waals surface area (Å²) in [5.41, 5.74) is 1.42. The molecule has 4 heteroatoms. The summed E-state index contributed by atoms with van der Waals surface area (Å²) in [6, 6.07) is 16.4. The van der Waals surface area contributed by atoms with Gasteiger partial charge >= 0.3 is 0 Å². The standard InChI is InChI=1S/C21H25N3O/c25-20-10-12-21(17-24(20)15-18-7-2-1-3-8-18)11-6-14-23(16-21)19-9-4-5-13-22-19/h1-5,7-9,13H,6,10-12,14-17H2. The molecule has 0 N–H and O–H groups in total. The number of carbonyl (C=O) groups is 1. The quantitative estimate of drug-likeness (QED) is 0.861. The van der Waals surface area contributed by atoms with E-state index in [-0.39, 0.29) is 5.41 Å². The molecule has 2 saturated heterocycles. The van der Waals surface area contributed by atoms with Crippen LogP contribution in [0.5, 0.6) is 0 Å². The molecule has 3 heterocycles. The Morgan fingerprint density at radius 3 is 2.64 bits per heavy atom. The summed E-state index contributed by atoms with van der Waals surface area (Å²) in [5, 5.41) is 0. The number of pyridine rings is 1. The first-order valence-corrected chi connectivity index (χ1v) is 9.22. The number of nitrogens with zero attached hydrogens (tertiary/aromatic N) is 3. The maximum absolute atomic E-state index is 12.5. The highest BCUT2D eigenvalue weighted by Gasteiger charge is 2.41. The van der Waals surface area contributed by atoms with Crippen molar-refractivity contribution in [2.45, 2.75) is 32.2 Å². The zero-order valence-corrected chi connectivity index (χ0v) is 14.6. The van der Waals surface area contributed by atoms with Gasteiger partial charge in [0.05, 0.1) is 0 Å². The van der Waals surface area contributed by atoms with Gasteiger partial charge in [0, 0.05) is 44.2 Å². The third-order valence-electron chi connectivity index (χ3n) is 5.60. The number of hydrogen-bond acceptors (Lipinski definition) is 3. The highest BCUT2D eigenvalue weighted by Crippen LogP contribution is 2.40. The van der Waals surface area contributed by atoms with Gasteiger partial charge in [0.1, 0.15) is 5.82 Å². The molecule has 4 rings (SSSR count). The van der Waals surface area contributed by atoms with E-state index in [4.69, 9.17) is 0 Å². The smallest absolute Gasteiger partial charge is 0.222 e. The van der Waals surface area contributed by atoms with E-state index in [2.05, 4.69) is 39.0 Å². The van der Waals surface area contributed by atoms with Crippen molar-refractivity contribution in [1.82, 2.24) is 9.88 Å². The Bertz CT molecular complexity index is 718. The first-order chi connectivity index (χ1) is 12.2. The van der Waals surface area contributed by atoms with Gasteiger partial charge in [-0.3, -0.25) is 4.79 Å². The Hall–Kier alpha value is -2.36. The normalized spacial score (nSPS) is 23.9. The fourth-order valence-corrected chi connectivity index (χ4v) is 4.33. The lowest BCUT2D eigenvalue weighted by molar-refractivity contribution is -0.138. The van der Waals surface area contributed by atoms with E-state index in [1.54, 1.807) is 0 Å². The predicted molar refractivity (Wildman–Crippen MR) is 99.2 cm³/mol. The zero-order chi connectivity index (χ0) is 17.1. The van der Waals surface area contributed by atoms with E-state index >= 15 is 0 Å². The monoisotopic (exact) mass is 335 g/mol. The van der Waals surface area contributed by atoms with Crippen LogP contribution in [0.1, 0.15) is 31.2 Å².